The highest BCUT2D eigenvalue weighted by Gasteiger charge is 2.21. The van der Waals surface area contributed by atoms with Gasteiger partial charge in [0.2, 0.25) is 0 Å². The van der Waals surface area contributed by atoms with Crippen molar-refractivity contribution in [3.05, 3.63) is 42.0 Å². The number of carbonyl (C=O) groups excluding carboxylic acids is 1. The highest BCUT2D eigenvalue weighted by Crippen LogP contribution is 2.19. The third kappa shape index (κ3) is 6.29. The van der Waals surface area contributed by atoms with E-state index in [2.05, 4.69) is 58.9 Å². The first-order valence-corrected chi connectivity index (χ1v) is 9.74. The van der Waals surface area contributed by atoms with E-state index in [0.717, 1.165) is 38.4 Å². The maximum absolute atomic E-state index is 11.3. The molecule has 2 aliphatic heterocycles. The van der Waals surface area contributed by atoms with E-state index < -0.39 is 0 Å². The Morgan fingerprint density at radius 1 is 1.25 bits per heavy atom. The van der Waals surface area contributed by atoms with Gasteiger partial charge in [0.15, 0.2) is 5.96 Å². The van der Waals surface area contributed by atoms with Gasteiger partial charge in [-0.25, -0.2) is 9.79 Å². The number of hydrogen-bond donors (Lipinski definition) is 3. The number of halogens is 1. The normalized spacial score (nSPS) is 17.4. The van der Waals surface area contributed by atoms with Crippen molar-refractivity contribution >= 4 is 41.7 Å². The zero-order valence-electron chi connectivity index (χ0n) is 16.4. The van der Waals surface area contributed by atoms with Gasteiger partial charge in [0.25, 0.3) is 0 Å². The van der Waals surface area contributed by atoms with Gasteiger partial charge in [0.05, 0.1) is 6.54 Å². The summed E-state index contributed by atoms with van der Waals surface area (Å²) in [6.45, 7) is 6.84. The molecule has 1 fully saturated rings. The summed E-state index contributed by atoms with van der Waals surface area (Å²) in [5.41, 5.74) is 7.79. The van der Waals surface area contributed by atoms with E-state index in [1.165, 1.54) is 11.3 Å². The summed E-state index contributed by atoms with van der Waals surface area (Å²) in [6, 6.07) is 8.55. The molecule has 0 spiro atoms. The number of nitrogens with two attached hydrogens (primary N) is 1. The Bertz CT molecular complexity index is 692. The van der Waals surface area contributed by atoms with Crippen LogP contribution in [0, 0.1) is 0 Å². The monoisotopic (exact) mass is 498 g/mol. The zero-order valence-corrected chi connectivity index (χ0v) is 18.8. The zero-order chi connectivity index (χ0) is 19.1. The topological polar surface area (TPSA) is 86.0 Å². The van der Waals surface area contributed by atoms with Crippen LogP contribution < -0.4 is 21.3 Å². The third-order valence-electron chi connectivity index (χ3n) is 5.01. The Kier molecular flexibility index (Phi) is 8.88. The average Bonchev–Trinajstić information content (AvgIpc) is 3.22. The molecule has 154 valence electrons. The molecule has 3 rings (SSSR count). The fourth-order valence-corrected chi connectivity index (χ4v) is 3.47. The van der Waals surface area contributed by atoms with Crippen molar-refractivity contribution < 1.29 is 4.79 Å². The van der Waals surface area contributed by atoms with Crippen LogP contribution in [0.1, 0.15) is 25.3 Å². The number of nitrogens with zero attached hydrogens (tertiary/aromatic N) is 3. The van der Waals surface area contributed by atoms with Gasteiger partial charge in [0, 0.05) is 44.5 Å². The first kappa shape index (κ1) is 22.3. The number of carbonyl (C=O) groups is 1. The van der Waals surface area contributed by atoms with Gasteiger partial charge in [-0.2, -0.15) is 0 Å². The Hall–Kier alpha value is -1.97. The molecule has 4 N–H and O–H groups in total. The lowest BCUT2D eigenvalue weighted by Gasteiger charge is -2.32. The predicted octanol–water partition coefficient (Wildman–Crippen LogP) is 2.28. The van der Waals surface area contributed by atoms with E-state index in [1.807, 2.05) is 0 Å². The molecular formula is C20H31IN6O. The number of anilines is 1. The van der Waals surface area contributed by atoms with Crippen molar-refractivity contribution in [2.75, 3.05) is 37.6 Å². The van der Waals surface area contributed by atoms with Crippen LogP contribution in [0.15, 0.2) is 41.4 Å². The molecule has 1 saturated heterocycles. The fraction of sp³-hybridized carbons (Fsp3) is 0.500. The SMILES string of the molecule is CCNC(=NCc1cccc(N2CC=CC2)c1)NC1CCN(C(N)=O)CC1.I. The van der Waals surface area contributed by atoms with E-state index in [0.29, 0.717) is 25.7 Å². The average molecular weight is 498 g/mol. The summed E-state index contributed by atoms with van der Waals surface area (Å²) in [5.74, 6) is 0.822. The molecule has 0 radical (unpaired) electrons. The molecule has 0 atom stereocenters. The number of aliphatic imine (C=N–C) groups is 1. The van der Waals surface area contributed by atoms with Crippen LogP contribution in [-0.4, -0.2) is 55.7 Å². The van der Waals surface area contributed by atoms with Crippen molar-refractivity contribution in [1.29, 1.82) is 0 Å². The van der Waals surface area contributed by atoms with E-state index in [9.17, 15) is 4.79 Å². The Balaban J connectivity index is 0.00000280. The molecule has 7 nitrogen and oxygen atoms in total. The minimum Gasteiger partial charge on any atom is -0.364 e. The quantitative estimate of drug-likeness (QED) is 0.252. The molecule has 0 aliphatic carbocycles. The van der Waals surface area contributed by atoms with Crippen LogP contribution in [-0.2, 0) is 6.54 Å². The number of amides is 2. The van der Waals surface area contributed by atoms with Crippen molar-refractivity contribution in [3.8, 4) is 0 Å². The molecule has 28 heavy (non-hydrogen) atoms. The van der Waals surface area contributed by atoms with Crippen LogP contribution in [0.2, 0.25) is 0 Å². The van der Waals surface area contributed by atoms with Crippen LogP contribution in [0.25, 0.3) is 0 Å². The van der Waals surface area contributed by atoms with Crippen LogP contribution in [0.5, 0.6) is 0 Å². The van der Waals surface area contributed by atoms with Gasteiger partial charge in [-0.05, 0) is 37.5 Å². The summed E-state index contributed by atoms with van der Waals surface area (Å²) < 4.78 is 0. The summed E-state index contributed by atoms with van der Waals surface area (Å²) in [4.78, 5) is 20.0. The number of piperidine rings is 1. The summed E-state index contributed by atoms with van der Waals surface area (Å²) in [7, 11) is 0. The van der Waals surface area contributed by atoms with Crippen molar-refractivity contribution in [2.24, 2.45) is 10.7 Å². The van der Waals surface area contributed by atoms with Crippen molar-refractivity contribution in [2.45, 2.75) is 32.4 Å². The lowest BCUT2D eigenvalue weighted by molar-refractivity contribution is 0.188. The minimum atomic E-state index is -0.331. The predicted molar refractivity (Wildman–Crippen MR) is 125 cm³/mol. The standard InChI is InChI=1S/C20H30N6O.HI/c1-2-22-20(24-17-8-12-26(13-9-17)19(21)27)23-15-16-6-5-7-18(14-16)25-10-3-4-11-25;/h3-7,14,17H,2,8-13,15H2,1H3,(H2,21,27)(H2,22,23,24);1H. The molecule has 0 unspecified atom stereocenters. The molecule has 0 saturated carbocycles. The number of urea groups is 1. The first-order valence-electron chi connectivity index (χ1n) is 9.74. The number of benzene rings is 1. The molecule has 2 aliphatic rings. The van der Waals surface area contributed by atoms with Gasteiger partial charge in [-0.1, -0.05) is 24.3 Å². The number of hydrogen-bond acceptors (Lipinski definition) is 3. The molecule has 0 bridgehead atoms. The second-order valence-corrected chi connectivity index (χ2v) is 6.99. The molecule has 8 heteroatoms. The fourth-order valence-electron chi connectivity index (χ4n) is 3.47. The number of primary amides is 1. The molecule has 1 aromatic rings. The third-order valence-corrected chi connectivity index (χ3v) is 5.01. The maximum Gasteiger partial charge on any atom is 0.314 e. The highest BCUT2D eigenvalue weighted by atomic mass is 127. The summed E-state index contributed by atoms with van der Waals surface area (Å²) in [5, 5.41) is 6.81. The molecule has 2 heterocycles. The smallest absolute Gasteiger partial charge is 0.314 e. The van der Waals surface area contributed by atoms with Gasteiger partial charge >= 0.3 is 6.03 Å². The van der Waals surface area contributed by atoms with E-state index >= 15 is 0 Å². The number of rotatable bonds is 5. The second kappa shape index (κ2) is 11.1. The second-order valence-electron chi connectivity index (χ2n) is 6.99. The lowest BCUT2D eigenvalue weighted by Crippen LogP contribution is -2.50. The largest absolute Gasteiger partial charge is 0.364 e. The molecule has 1 aromatic carbocycles. The number of likely N-dealkylation sites (tertiary alicyclic amines) is 1. The Morgan fingerprint density at radius 3 is 2.61 bits per heavy atom. The van der Waals surface area contributed by atoms with Crippen molar-refractivity contribution in [3.63, 3.8) is 0 Å². The van der Waals surface area contributed by atoms with Gasteiger partial charge < -0.3 is 26.2 Å². The molecule has 0 aromatic heterocycles. The molecular weight excluding hydrogens is 467 g/mol. The maximum atomic E-state index is 11.3. The van der Waals surface area contributed by atoms with Gasteiger partial charge in [-0.3, -0.25) is 0 Å². The summed E-state index contributed by atoms with van der Waals surface area (Å²) in [6.07, 6.45) is 6.15. The van der Waals surface area contributed by atoms with E-state index in [1.54, 1.807) is 4.90 Å². The van der Waals surface area contributed by atoms with Crippen LogP contribution in [0.4, 0.5) is 10.5 Å². The van der Waals surface area contributed by atoms with Crippen molar-refractivity contribution in [1.82, 2.24) is 15.5 Å². The van der Waals surface area contributed by atoms with E-state index in [-0.39, 0.29) is 30.0 Å². The van der Waals surface area contributed by atoms with E-state index in [4.69, 9.17) is 10.7 Å². The van der Waals surface area contributed by atoms with Gasteiger partial charge in [0.1, 0.15) is 0 Å². The van der Waals surface area contributed by atoms with Crippen LogP contribution in [0.3, 0.4) is 0 Å². The van der Waals surface area contributed by atoms with Gasteiger partial charge in [-0.15, -0.1) is 24.0 Å². The Labute approximate surface area is 184 Å². The highest BCUT2D eigenvalue weighted by molar-refractivity contribution is 14.0. The first-order chi connectivity index (χ1) is 13.2. The summed E-state index contributed by atoms with van der Waals surface area (Å²) >= 11 is 0. The minimum absolute atomic E-state index is 0. The Morgan fingerprint density at radius 2 is 1.96 bits per heavy atom. The number of guanidine groups is 1. The molecule has 2 amide bonds. The lowest BCUT2D eigenvalue weighted by atomic mass is 10.1. The number of nitrogens with one attached hydrogen (secondary N) is 2. The van der Waals surface area contributed by atoms with Crippen LogP contribution >= 0.6 is 24.0 Å².